The Kier molecular flexibility index (Phi) is 12.9. The first-order chi connectivity index (χ1) is 25.0. The van der Waals surface area contributed by atoms with Crippen LogP contribution in [0.1, 0.15) is 47.0 Å². The summed E-state index contributed by atoms with van der Waals surface area (Å²) in [5.74, 6) is -27.7. The largest absolute Gasteiger partial charge is 0.478 e. The second-order valence-electron chi connectivity index (χ2n) is 10.1. The molecule has 0 aliphatic heterocycles. The molecule has 0 saturated carbocycles. The minimum absolute atomic E-state index is 0.0292. The Bertz CT molecular complexity index is 2330. The van der Waals surface area contributed by atoms with Crippen molar-refractivity contribution < 1.29 is 65.2 Å². The van der Waals surface area contributed by atoms with Gasteiger partial charge in [-0.25, -0.2) is 27.2 Å². The summed E-state index contributed by atoms with van der Waals surface area (Å²) in [6.45, 7) is 1.32. The van der Waals surface area contributed by atoms with E-state index in [1.165, 1.54) is 6.92 Å². The van der Waals surface area contributed by atoms with Gasteiger partial charge in [-0.1, -0.05) is 92.8 Å². The second kappa shape index (κ2) is 16.2. The number of hydrogen-bond acceptors (Lipinski definition) is 6. The molecule has 0 atom stereocenters. The van der Waals surface area contributed by atoms with E-state index in [1.54, 1.807) is 0 Å². The molecule has 0 unspecified atom stereocenters. The first-order valence-corrected chi connectivity index (χ1v) is 16.5. The number of carbonyl (C=O) groups excluding carboxylic acids is 2. The van der Waals surface area contributed by atoms with Crippen molar-refractivity contribution in [3.8, 4) is 23.0 Å². The highest BCUT2D eigenvalue weighted by molar-refractivity contribution is 6.52. The molecular weight excluding hydrogens is 914 g/mol. The molecule has 0 saturated heterocycles. The number of nitrogens with one attached hydrogen (secondary N) is 2. The first-order valence-electron chi connectivity index (χ1n) is 13.5. The molecule has 4 rings (SSSR count). The molecule has 286 valence electrons. The highest BCUT2D eigenvalue weighted by Crippen LogP contribution is 2.54. The molecule has 24 heteroatoms. The first kappa shape index (κ1) is 43.0. The Morgan fingerprint density at radius 1 is 0.481 bits per heavy atom. The summed E-state index contributed by atoms with van der Waals surface area (Å²) in [7, 11) is 0.894. The van der Waals surface area contributed by atoms with Crippen LogP contribution in [0.3, 0.4) is 0 Å². The van der Waals surface area contributed by atoms with Gasteiger partial charge in [0.1, 0.15) is 31.2 Å². The minimum atomic E-state index is -2.39. The number of anilines is 1. The maximum absolute atomic E-state index is 16.0. The van der Waals surface area contributed by atoms with E-state index in [-0.39, 0.29) is 20.6 Å². The van der Waals surface area contributed by atoms with Gasteiger partial charge in [0.2, 0.25) is 23.1 Å². The zero-order chi connectivity index (χ0) is 41.0. The summed E-state index contributed by atoms with van der Waals surface area (Å²) in [6.07, 6.45) is 0. The number of benzene rings is 4. The lowest BCUT2D eigenvalue weighted by molar-refractivity contribution is 0.0675. The molecule has 4 N–H and O–H groups in total. The van der Waals surface area contributed by atoms with E-state index in [2.05, 4.69) is 0 Å². The molecule has 10 nitrogen and oxygen atoms in total. The summed E-state index contributed by atoms with van der Waals surface area (Å²) in [5.41, 5.74) is -7.39. The van der Waals surface area contributed by atoms with Gasteiger partial charge in [-0.15, -0.1) is 0 Å². The van der Waals surface area contributed by atoms with Crippen LogP contribution in [0, 0.1) is 41.8 Å². The summed E-state index contributed by atoms with van der Waals surface area (Å²) in [5, 5.41) is 16.8. The predicted octanol–water partition coefficient (Wildman–Crippen LogP) is 11.6. The quantitative estimate of drug-likeness (QED) is 0.0736. The van der Waals surface area contributed by atoms with Gasteiger partial charge in [0.05, 0.1) is 36.9 Å². The molecule has 54 heavy (non-hydrogen) atoms. The van der Waals surface area contributed by atoms with Crippen molar-refractivity contribution in [3.05, 3.63) is 103 Å². The Balaban J connectivity index is 1.90. The number of rotatable bonds is 9. The normalized spacial score (nSPS) is 11.0. The molecule has 2 amide bonds. The van der Waals surface area contributed by atoms with Crippen LogP contribution in [0.5, 0.6) is 23.0 Å². The Morgan fingerprint density at radius 2 is 0.852 bits per heavy atom. The number of aromatic carboxylic acids is 2. The fourth-order valence-electron chi connectivity index (χ4n) is 4.42. The van der Waals surface area contributed by atoms with E-state index in [9.17, 15) is 38.2 Å². The van der Waals surface area contributed by atoms with E-state index in [0.717, 1.165) is 7.05 Å². The lowest BCUT2D eigenvalue weighted by Crippen LogP contribution is -2.25. The smallest absolute Gasteiger partial charge is 0.339 e. The summed E-state index contributed by atoms with van der Waals surface area (Å²) < 4.78 is 102. The van der Waals surface area contributed by atoms with E-state index in [4.69, 9.17) is 102 Å². The molecular formula is C30H10Cl8F6N2O8. The fourth-order valence-corrected chi connectivity index (χ4v) is 6.44. The Labute approximate surface area is 336 Å². The number of carboxylic acids is 2. The van der Waals surface area contributed by atoms with E-state index >= 15 is 17.6 Å². The molecule has 0 aromatic heterocycles. The number of carbonyl (C=O) groups is 4. The van der Waals surface area contributed by atoms with Crippen molar-refractivity contribution in [2.45, 2.75) is 6.92 Å². The van der Waals surface area contributed by atoms with Crippen LogP contribution in [0.15, 0.2) is 0 Å². The van der Waals surface area contributed by atoms with Gasteiger partial charge in [-0.3, -0.25) is 9.59 Å². The van der Waals surface area contributed by atoms with Crippen LogP contribution in [0.2, 0.25) is 40.2 Å². The lowest BCUT2D eigenvalue weighted by atomic mass is 10.0. The van der Waals surface area contributed by atoms with Crippen molar-refractivity contribution in [1.29, 1.82) is 0 Å². The topological polar surface area (TPSA) is 151 Å². The van der Waals surface area contributed by atoms with Gasteiger partial charge in [-0.2, -0.15) is 8.78 Å². The van der Waals surface area contributed by atoms with Gasteiger partial charge in [0, 0.05) is 7.05 Å². The van der Waals surface area contributed by atoms with E-state index in [1.807, 2.05) is 10.6 Å². The molecule has 4 aromatic rings. The predicted molar refractivity (Wildman–Crippen MR) is 186 cm³/mol. The van der Waals surface area contributed by atoms with Crippen LogP contribution < -0.4 is 20.1 Å². The number of carboxylic acid groups (broad SMARTS) is 2. The Hall–Kier alpha value is -3.74. The third-order valence-corrected chi connectivity index (χ3v) is 10.5. The highest BCUT2D eigenvalue weighted by Gasteiger charge is 2.38. The molecule has 0 aliphatic carbocycles. The molecule has 0 radical (unpaired) electrons. The molecule has 0 aliphatic rings. The van der Waals surface area contributed by atoms with Crippen LogP contribution in [-0.2, 0) is 0 Å². The SMILES string of the molecule is CNC(=O)c1c(F)c(Oc2c(Cl)c(Cl)c(Oc3c(F)c(F)c(C(=O)O)c(C(=O)Nc4c(Cl)c(C)c(Cl)c(Cl)c4Cl)c3F)c(Cl)c2Cl)c(F)c(F)c1C(=O)O. The van der Waals surface area contributed by atoms with Crippen LogP contribution in [0.25, 0.3) is 0 Å². The monoisotopic (exact) mass is 920 g/mol. The molecule has 0 spiro atoms. The number of amides is 2. The van der Waals surface area contributed by atoms with Crippen LogP contribution in [0.4, 0.5) is 32.0 Å². The molecule has 4 aromatic carbocycles. The zero-order valence-corrected chi connectivity index (χ0v) is 31.7. The third kappa shape index (κ3) is 7.21. The van der Waals surface area contributed by atoms with E-state index < -0.39 is 135 Å². The van der Waals surface area contributed by atoms with Crippen molar-refractivity contribution in [2.75, 3.05) is 12.4 Å². The summed E-state index contributed by atoms with van der Waals surface area (Å²) in [6, 6.07) is 0. The maximum Gasteiger partial charge on any atom is 0.339 e. The average molecular weight is 924 g/mol. The third-order valence-electron chi connectivity index (χ3n) is 6.98. The molecule has 0 fully saturated rings. The highest BCUT2D eigenvalue weighted by atomic mass is 35.5. The van der Waals surface area contributed by atoms with Gasteiger partial charge >= 0.3 is 11.9 Å². The maximum atomic E-state index is 16.0. The number of hydrogen-bond donors (Lipinski definition) is 4. The van der Waals surface area contributed by atoms with Gasteiger partial charge in [-0.05, 0) is 12.5 Å². The van der Waals surface area contributed by atoms with Crippen molar-refractivity contribution >= 4 is 122 Å². The van der Waals surface area contributed by atoms with Crippen LogP contribution >= 0.6 is 92.8 Å². The van der Waals surface area contributed by atoms with Crippen molar-refractivity contribution in [3.63, 3.8) is 0 Å². The van der Waals surface area contributed by atoms with Gasteiger partial charge in [0.25, 0.3) is 11.8 Å². The number of ether oxygens (including phenoxy) is 2. The molecule has 0 heterocycles. The van der Waals surface area contributed by atoms with Gasteiger partial charge in [0.15, 0.2) is 34.8 Å². The number of halogens is 14. The van der Waals surface area contributed by atoms with Gasteiger partial charge < -0.3 is 30.3 Å². The Morgan fingerprint density at radius 3 is 1.20 bits per heavy atom. The summed E-state index contributed by atoms with van der Waals surface area (Å²) >= 11 is 48.8. The van der Waals surface area contributed by atoms with E-state index in [0.29, 0.717) is 0 Å². The van der Waals surface area contributed by atoms with Crippen molar-refractivity contribution in [1.82, 2.24) is 5.32 Å². The van der Waals surface area contributed by atoms with Crippen molar-refractivity contribution in [2.24, 2.45) is 0 Å². The average Bonchev–Trinajstić information content (AvgIpc) is 3.12. The van der Waals surface area contributed by atoms with Crippen LogP contribution in [-0.4, -0.2) is 41.0 Å². The minimum Gasteiger partial charge on any atom is -0.478 e. The molecule has 0 bridgehead atoms. The lowest BCUT2D eigenvalue weighted by Gasteiger charge is -2.20. The zero-order valence-electron chi connectivity index (χ0n) is 25.6. The standard InChI is InChI=1S/C30H10Cl8F6N2O8/c1-3-8(31)10(33)11(34)22(9(3)32)46-28(48)5-7(30(51)52)17(40)21(44)26(19(5)42)54-24-14(37)12(35)23(13(36)15(24)38)53-25-18(41)4(27(47)45-2)6(29(49)50)16(39)20(25)43/h1-2H3,(H,45,47)(H,46,48)(H,49,50)(H,51,52). The fraction of sp³-hybridized carbons (Fsp3) is 0.0667. The second-order valence-corrected chi connectivity index (χ2v) is 13.1. The summed E-state index contributed by atoms with van der Waals surface area (Å²) in [4.78, 5) is 49.0.